The van der Waals surface area contributed by atoms with E-state index >= 15 is 0 Å². The molecule has 0 amide bonds. The Bertz CT molecular complexity index is 1230. The van der Waals surface area contributed by atoms with Crippen molar-refractivity contribution < 1.29 is 26.3 Å². The van der Waals surface area contributed by atoms with E-state index in [2.05, 4.69) is 9.44 Å². The minimum absolute atomic E-state index is 0.0144. The highest BCUT2D eigenvalue weighted by molar-refractivity contribution is 7.93. The molecule has 0 saturated heterocycles. The van der Waals surface area contributed by atoms with E-state index in [1.165, 1.54) is 36.4 Å². The smallest absolute Gasteiger partial charge is 0.261 e. The number of nitrogens with one attached hydrogen (secondary N) is 2. The molecule has 0 bridgehead atoms. The second kappa shape index (κ2) is 7.78. The number of sulfonamides is 2. The minimum Gasteiger partial charge on any atom is -0.454 e. The van der Waals surface area contributed by atoms with E-state index in [-0.39, 0.29) is 28.0 Å². The monoisotopic (exact) mass is 460 g/mol. The van der Waals surface area contributed by atoms with Crippen molar-refractivity contribution in [2.45, 2.75) is 23.6 Å². The molecule has 0 aromatic heterocycles. The molecule has 0 saturated carbocycles. The fourth-order valence-electron chi connectivity index (χ4n) is 2.95. The molecule has 0 radical (unpaired) electrons. The molecule has 8 nitrogen and oxygen atoms in total. The van der Waals surface area contributed by atoms with Crippen molar-refractivity contribution >= 4 is 31.4 Å². The Balaban J connectivity index is 1.73. The van der Waals surface area contributed by atoms with Gasteiger partial charge in [0.25, 0.3) is 20.0 Å². The van der Waals surface area contributed by atoms with Gasteiger partial charge in [-0.05, 0) is 38.1 Å². The van der Waals surface area contributed by atoms with Crippen LogP contribution in [0.3, 0.4) is 0 Å². The summed E-state index contributed by atoms with van der Waals surface area (Å²) in [4.78, 5) is 0.0891. The van der Waals surface area contributed by atoms with Gasteiger partial charge in [0.15, 0.2) is 11.5 Å². The number of hydrogen-bond donors (Lipinski definition) is 2. The third-order valence-electron chi connectivity index (χ3n) is 4.66. The van der Waals surface area contributed by atoms with Gasteiger partial charge < -0.3 is 9.47 Å². The Hall–Kier alpha value is -3.24. The van der Waals surface area contributed by atoms with E-state index in [4.69, 9.17) is 9.47 Å². The number of fused-ring (bicyclic) bond motifs is 1. The second-order valence-corrected chi connectivity index (χ2v) is 10.5. The number of anilines is 2. The van der Waals surface area contributed by atoms with Gasteiger partial charge in [-0.1, -0.05) is 35.4 Å². The van der Waals surface area contributed by atoms with Gasteiger partial charge in [-0.25, -0.2) is 16.8 Å². The number of ether oxygens (including phenoxy) is 2. The topological polar surface area (TPSA) is 111 Å². The molecule has 3 aromatic carbocycles. The van der Waals surface area contributed by atoms with Gasteiger partial charge in [0.1, 0.15) is 0 Å². The summed E-state index contributed by atoms with van der Waals surface area (Å²) < 4.78 is 67.0. The third kappa shape index (κ3) is 4.44. The Morgan fingerprint density at radius 1 is 0.645 bits per heavy atom. The van der Waals surface area contributed by atoms with E-state index < -0.39 is 20.0 Å². The zero-order valence-corrected chi connectivity index (χ0v) is 18.4. The molecule has 0 spiro atoms. The summed E-state index contributed by atoms with van der Waals surface area (Å²) in [6, 6.07) is 15.4. The van der Waals surface area contributed by atoms with Crippen LogP contribution >= 0.6 is 0 Å². The number of rotatable bonds is 6. The van der Waals surface area contributed by atoms with Crippen LogP contribution < -0.4 is 18.9 Å². The van der Waals surface area contributed by atoms with Crippen molar-refractivity contribution in [2.75, 3.05) is 16.2 Å². The number of hydrogen-bond acceptors (Lipinski definition) is 6. The highest BCUT2D eigenvalue weighted by atomic mass is 32.2. The Morgan fingerprint density at radius 2 is 1.00 bits per heavy atom. The first-order valence-electron chi connectivity index (χ1n) is 9.27. The maximum atomic E-state index is 12.9. The lowest BCUT2D eigenvalue weighted by Gasteiger charge is -2.16. The minimum atomic E-state index is -3.98. The summed E-state index contributed by atoms with van der Waals surface area (Å²) in [5.41, 5.74) is 1.85. The van der Waals surface area contributed by atoms with E-state index in [1.807, 2.05) is 13.8 Å². The molecule has 2 N–H and O–H groups in total. The predicted molar refractivity (Wildman–Crippen MR) is 117 cm³/mol. The maximum Gasteiger partial charge on any atom is 0.261 e. The zero-order chi connectivity index (χ0) is 22.2. The molecule has 10 heteroatoms. The van der Waals surface area contributed by atoms with E-state index in [9.17, 15) is 16.8 Å². The Kier molecular flexibility index (Phi) is 5.28. The second-order valence-electron chi connectivity index (χ2n) is 7.09. The van der Waals surface area contributed by atoms with Crippen LogP contribution in [-0.4, -0.2) is 23.6 Å². The fraction of sp³-hybridized carbons (Fsp3) is 0.143. The average Bonchev–Trinajstić information content (AvgIpc) is 3.15. The molecule has 1 heterocycles. The van der Waals surface area contributed by atoms with Crippen LogP contribution in [-0.2, 0) is 20.0 Å². The van der Waals surface area contributed by atoms with Crippen molar-refractivity contribution in [1.82, 2.24) is 0 Å². The molecule has 1 aliphatic rings. The average molecular weight is 461 g/mol. The molecular weight excluding hydrogens is 440 g/mol. The highest BCUT2D eigenvalue weighted by Gasteiger charge is 2.24. The molecule has 31 heavy (non-hydrogen) atoms. The Labute approximate surface area is 180 Å². The van der Waals surface area contributed by atoms with Crippen LogP contribution in [0.4, 0.5) is 11.4 Å². The summed E-state index contributed by atoms with van der Waals surface area (Å²) >= 11 is 0. The first kappa shape index (κ1) is 21.0. The number of benzene rings is 3. The van der Waals surface area contributed by atoms with Crippen molar-refractivity contribution in [3.63, 3.8) is 0 Å². The zero-order valence-electron chi connectivity index (χ0n) is 16.7. The normalized spacial score (nSPS) is 13.1. The molecular formula is C21H20N2O6S2. The summed E-state index contributed by atoms with van der Waals surface area (Å²) in [5, 5.41) is 0. The van der Waals surface area contributed by atoms with Gasteiger partial charge >= 0.3 is 0 Å². The molecule has 3 aromatic rings. The molecule has 4 rings (SSSR count). The van der Waals surface area contributed by atoms with Gasteiger partial charge in [-0.2, -0.15) is 0 Å². The molecule has 162 valence electrons. The SMILES string of the molecule is Cc1ccc(S(=O)(=O)Nc2cc3c(cc2NS(=O)(=O)c2ccc(C)cc2)OCO3)cc1. The molecule has 0 unspecified atom stereocenters. The summed E-state index contributed by atoms with van der Waals surface area (Å²) in [5.74, 6) is 0.611. The van der Waals surface area contributed by atoms with Crippen molar-refractivity contribution in [3.8, 4) is 11.5 Å². The number of aryl methyl sites for hydroxylation is 2. The first-order chi connectivity index (χ1) is 14.6. The lowest BCUT2D eigenvalue weighted by atomic mass is 10.2. The maximum absolute atomic E-state index is 12.9. The van der Waals surface area contributed by atoms with Gasteiger partial charge in [0.2, 0.25) is 6.79 Å². The molecule has 1 aliphatic heterocycles. The van der Waals surface area contributed by atoms with Gasteiger partial charge in [-0.15, -0.1) is 0 Å². The van der Waals surface area contributed by atoms with Crippen LogP contribution in [0.5, 0.6) is 11.5 Å². The van der Waals surface area contributed by atoms with Crippen molar-refractivity contribution in [1.29, 1.82) is 0 Å². The van der Waals surface area contributed by atoms with Gasteiger partial charge in [-0.3, -0.25) is 9.44 Å². The summed E-state index contributed by atoms with van der Waals surface area (Å²) in [6.07, 6.45) is 0. The van der Waals surface area contributed by atoms with Crippen LogP contribution in [0.2, 0.25) is 0 Å². The van der Waals surface area contributed by atoms with Gasteiger partial charge in [0, 0.05) is 12.1 Å². The van der Waals surface area contributed by atoms with Gasteiger partial charge in [0.05, 0.1) is 21.2 Å². The lowest BCUT2D eigenvalue weighted by molar-refractivity contribution is 0.174. The fourth-order valence-corrected chi connectivity index (χ4v) is 5.09. The van der Waals surface area contributed by atoms with Crippen LogP contribution in [0.1, 0.15) is 11.1 Å². The standard InChI is InChI=1S/C21H20N2O6S2/c1-14-3-7-16(8-4-14)30(24,25)22-18-11-20-21(29-13-28-20)12-19(18)23-31(26,27)17-9-5-15(2)6-10-17/h3-12,22-23H,13H2,1-2H3. The summed E-state index contributed by atoms with van der Waals surface area (Å²) in [6.45, 7) is 3.65. The van der Waals surface area contributed by atoms with Crippen LogP contribution in [0.25, 0.3) is 0 Å². The van der Waals surface area contributed by atoms with Crippen LogP contribution in [0, 0.1) is 13.8 Å². The molecule has 0 aliphatic carbocycles. The van der Waals surface area contributed by atoms with E-state index in [0.717, 1.165) is 11.1 Å². The highest BCUT2D eigenvalue weighted by Crippen LogP contribution is 2.41. The van der Waals surface area contributed by atoms with E-state index in [0.29, 0.717) is 11.5 Å². The van der Waals surface area contributed by atoms with Crippen LogP contribution in [0.15, 0.2) is 70.5 Å². The summed E-state index contributed by atoms with van der Waals surface area (Å²) in [7, 11) is -7.95. The van der Waals surface area contributed by atoms with Crippen molar-refractivity contribution in [2.24, 2.45) is 0 Å². The van der Waals surface area contributed by atoms with E-state index in [1.54, 1.807) is 24.3 Å². The largest absolute Gasteiger partial charge is 0.454 e. The third-order valence-corrected chi connectivity index (χ3v) is 7.43. The predicted octanol–water partition coefficient (Wildman–Crippen LogP) is 3.63. The molecule has 0 atom stereocenters. The van der Waals surface area contributed by atoms with Crippen molar-refractivity contribution in [3.05, 3.63) is 71.8 Å². The lowest BCUT2D eigenvalue weighted by Crippen LogP contribution is -2.17. The molecule has 0 fully saturated rings. The quantitative estimate of drug-likeness (QED) is 0.581. The first-order valence-corrected chi connectivity index (χ1v) is 12.2. The Morgan fingerprint density at radius 3 is 1.35 bits per heavy atom.